The van der Waals surface area contributed by atoms with Gasteiger partial charge in [0.1, 0.15) is 29.9 Å². The molecule has 0 unspecified atom stereocenters. The first-order valence-corrected chi connectivity index (χ1v) is 12.9. The lowest BCUT2D eigenvalue weighted by Crippen LogP contribution is -2.29. The summed E-state index contributed by atoms with van der Waals surface area (Å²) >= 11 is 18.7. The molecule has 0 bridgehead atoms. The second kappa shape index (κ2) is 11.1. The highest BCUT2D eigenvalue weighted by molar-refractivity contribution is 7.80. The summed E-state index contributed by atoms with van der Waals surface area (Å²) < 4.78 is 17.3. The van der Waals surface area contributed by atoms with Gasteiger partial charge in [0.25, 0.3) is 0 Å². The standard InChI is InChI=1S/C28H25Cl2N3O3S/c1-17-6-7-18(29)15-20(17)23-10-11-25(36-23)27-26(22-5-3-4-12-31-22)32-28(37)33(27)19-8-9-24(21(30)16-19)35-14-13-34-2/h3-12,15-16,26-27H,13-14H2,1-2H3,(H,32,37)/t26-,27-/m1/s1. The molecule has 2 aromatic heterocycles. The summed E-state index contributed by atoms with van der Waals surface area (Å²) in [6.07, 6.45) is 1.77. The van der Waals surface area contributed by atoms with Gasteiger partial charge in [-0.05, 0) is 79.3 Å². The SMILES string of the molecule is COCCOc1ccc(N2C(=S)N[C@H](c3ccccn3)[C@H]2c2ccc(-c3cc(Cl)ccc3C)o2)cc1Cl. The van der Waals surface area contributed by atoms with E-state index in [0.717, 1.165) is 34.0 Å². The molecule has 9 heteroatoms. The first kappa shape index (κ1) is 25.5. The van der Waals surface area contributed by atoms with Gasteiger partial charge in [0.15, 0.2) is 5.11 Å². The van der Waals surface area contributed by atoms with Crippen LogP contribution in [-0.4, -0.2) is 30.4 Å². The number of pyridine rings is 1. The number of aromatic nitrogens is 1. The van der Waals surface area contributed by atoms with Crippen molar-refractivity contribution in [1.29, 1.82) is 0 Å². The van der Waals surface area contributed by atoms with E-state index < -0.39 is 0 Å². The van der Waals surface area contributed by atoms with Gasteiger partial charge in [0.2, 0.25) is 0 Å². The van der Waals surface area contributed by atoms with Crippen molar-refractivity contribution in [3.63, 3.8) is 0 Å². The first-order valence-electron chi connectivity index (χ1n) is 11.7. The minimum Gasteiger partial charge on any atom is -0.490 e. The molecule has 0 radical (unpaired) electrons. The number of thiocarbonyl (C=S) groups is 1. The van der Waals surface area contributed by atoms with Crippen molar-refractivity contribution in [2.24, 2.45) is 0 Å². The third-order valence-corrected chi connectivity index (χ3v) is 7.07. The van der Waals surface area contributed by atoms with E-state index in [4.69, 9.17) is 49.3 Å². The van der Waals surface area contributed by atoms with Crippen LogP contribution in [0.3, 0.4) is 0 Å². The largest absolute Gasteiger partial charge is 0.490 e. The summed E-state index contributed by atoms with van der Waals surface area (Å²) in [5, 5.41) is 5.11. The Morgan fingerprint density at radius 1 is 1.05 bits per heavy atom. The molecule has 1 saturated heterocycles. The average molecular weight is 554 g/mol. The average Bonchev–Trinajstić information content (AvgIpc) is 3.51. The Balaban J connectivity index is 1.55. The predicted octanol–water partition coefficient (Wildman–Crippen LogP) is 7.16. The molecule has 1 aliphatic rings. The molecule has 5 rings (SSSR count). The topological polar surface area (TPSA) is 59.8 Å². The molecule has 2 aromatic carbocycles. The number of nitrogens with zero attached hydrogens (tertiary/aromatic N) is 2. The second-order valence-electron chi connectivity index (χ2n) is 8.61. The van der Waals surface area contributed by atoms with E-state index in [9.17, 15) is 0 Å². The van der Waals surface area contributed by atoms with Crippen molar-refractivity contribution < 1.29 is 13.9 Å². The lowest BCUT2D eigenvalue weighted by atomic mass is 10.0. The maximum Gasteiger partial charge on any atom is 0.174 e. The highest BCUT2D eigenvalue weighted by Gasteiger charge is 2.42. The maximum atomic E-state index is 6.59. The fourth-order valence-electron chi connectivity index (χ4n) is 4.43. The molecule has 0 aliphatic carbocycles. The zero-order valence-corrected chi connectivity index (χ0v) is 22.6. The Morgan fingerprint density at radius 3 is 2.68 bits per heavy atom. The van der Waals surface area contributed by atoms with Crippen molar-refractivity contribution in [1.82, 2.24) is 10.3 Å². The van der Waals surface area contributed by atoms with Crippen molar-refractivity contribution in [3.05, 3.63) is 100.0 Å². The molecule has 0 amide bonds. The first-order chi connectivity index (χ1) is 18.0. The number of anilines is 1. The number of hydrogen-bond donors (Lipinski definition) is 1. The molecule has 0 saturated carbocycles. The lowest BCUT2D eigenvalue weighted by Gasteiger charge is -2.26. The molecule has 0 spiro atoms. The van der Waals surface area contributed by atoms with Crippen molar-refractivity contribution in [2.45, 2.75) is 19.0 Å². The smallest absolute Gasteiger partial charge is 0.174 e. The van der Waals surface area contributed by atoms with Gasteiger partial charge < -0.3 is 24.1 Å². The van der Waals surface area contributed by atoms with E-state index in [1.54, 1.807) is 13.3 Å². The molecule has 190 valence electrons. The van der Waals surface area contributed by atoms with E-state index in [1.165, 1.54) is 0 Å². The van der Waals surface area contributed by atoms with Gasteiger partial charge in [-0.1, -0.05) is 35.3 Å². The molecule has 3 heterocycles. The lowest BCUT2D eigenvalue weighted by molar-refractivity contribution is 0.146. The van der Waals surface area contributed by atoms with Gasteiger partial charge in [-0.25, -0.2) is 0 Å². The highest BCUT2D eigenvalue weighted by Crippen LogP contribution is 2.44. The monoisotopic (exact) mass is 553 g/mol. The molecule has 4 aromatic rings. The van der Waals surface area contributed by atoms with Crippen LogP contribution >= 0.6 is 35.4 Å². The zero-order chi connectivity index (χ0) is 25.9. The molecular weight excluding hydrogens is 529 g/mol. The molecule has 1 aliphatic heterocycles. The number of methoxy groups -OCH3 is 1. The van der Waals surface area contributed by atoms with Crippen LogP contribution < -0.4 is 15.0 Å². The number of nitrogens with one attached hydrogen (secondary N) is 1. The minimum absolute atomic E-state index is 0.246. The summed E-state index contributed by atoms with van der Waals surface area (Å²) in [4.78, 5) is 6.60. The molecule has 1 N–H and O–H groups in total. The molecular formula is C28H25Cl2N3O3S. The summed E-state index contributed by atoms with van der Waals surface area (Å²) in [6.45, 7) is 2.90. The number of furan rings is 1. The fraction of sp³-hybridized carbons (Fsp3) is 0.214. The third kappa shape index (κ3) is 5.31. The molecule has 6 nitrogen and oxygen atoms in total. The number of rotatable bonds is 8. The Kier molecular flexibility index (Phi) is 7.67. The minimum atomic E-state index is -0.313. The molecule has 2 atom stereocenters. The van der Waals surface area contributed by atoms with Gasteiger partial charge in [0.05, 0.1) is 23.4 Å². The van der Waals surface area contributed by atoms with E-state index >= 15 is 0 Å². The summed E-state index contributed by atoms with van der Waals surface area (Å²) in [6, 6.07) is 20.6. The quantitative estimate of drug-likeness (QED) is 0.183. The van der Waals surface area contributed by atoms with Crippen molar-refractivity contribution in [3.8, 4) is 17.1 Å². The Hall–Kier alpha value is -3.10. The van der Waals surface area contributed by atoms with Gasteiger partial charge in [0, 0.05) is 29.6 Å². The van der Waals surface area contributed by atoms with E-state index in [-0.39, 0.29) is 12.1 Å². The summed E-state index contributed by atoms with van der Waals surface area (Å²) in [7, 11) is 1.63. The van der Waals surface area contributed by atoms with Crippen LogP contribution in [0.15, 0.2) is 77.3 Å². The summed E-state index contributed by atoms with van der Waals surface area (Å²) in [5.74, 6) is 2.04. The van der Waals surface area contributed by atoms with Gasteiger partial charge in [-0.15, -0.1) is 0 Å². The number of aryl methyl sites for hydroxylation is 1. The number of halogens is 2. The normalized spacial score (nSPS) is 17.2. The Labute approximate surface area is 231 Å². The van der Waals surface area contributed by atoms with Crippen LogP contribution in [0, 0.1) is 6.92 Å². The summed E-state index contributed by atoms with van der Waals surface area (Å²) in [5.41, 5.74) is 3.66. The van der Waals surface area contributed by atoms with Crippen LogP contribution in [0.5, 0.6) is 5.75 Å². The number of hydrogen-bond acceptors (Lipinski definition) is 5. The number of benzene rings is 2. The fourth-order valence-corrected chi connectivity index (χ4v) is 5.18. The molecule has 37 heavy (non-hydrogen) atoms. The predicted molar refractivity (Wildman–Crippen MR) is 151 cm³/mol. The van der Waals surface area contributed by atoms with Crippen LogP contribution in [0.1, 0.15) is 29.1 Å². The van der Waals surface area contributed by atoms with E-state index in [1.807, 2.05) is 78.6 Å². The van der Waals surface area contributed by atoms with E-state index in [2.05, 4.69) is 10.3 Å². The van der Waals surface area contributed by atoms with Crippen LogP contribution in [0.25, 0.3) is 11.3 Å². The molecule has 1 fully saturated rings. The highest BCUT2D eigenvalue weighted by atomic mass is 35.5. The third-order valence-electron chi connectivity index (χ3n) is 6.22. The van der Waals surface area contributed by atoms with Crippen LogP contribution in [0.2, 0.25) is 10.0 Å². The Bertz CT molecular complexity index is 1410. The number of ether oxygens (including phenoxy) is 2. The van der Waals surface area contributed by atoms with Crippen molar-refractivity contribution >= 4 is 46.2 Å². The van der Waals surface area contributed by atoms with Gasteiger partial charge in [-0.3, -0.25) is 4.98 Å². The second-order valence-corrected chi connectivity index (χ2v) is 9.84. The van der Waals surface area contributed by atoms with Gasteiger partial charge in [-0.2, -0.15) is 0 Å². The Morgan fingerprint density at radius 2 is 1.92 bits per heavy atom. The zero-order valence-electron chi connectivity index (χ0n) is 20.3. The maximum absolute atomic E-state index is 6.59. The van der Waals surface area contributed by atoms with Crippen LogP contribution in [0.4, 0.5) is 5.69 Å². The van der Waals surface area contributed by atoms with Crippen molar-refractivity contribution in [2.75, 3.05) is 25.2 Å². The van der Waals surface area contributed by atoms with Gasteiger partial charge >= 0.3 is 0 Å². The van der Waals surface area contributed by atoms with Crippen LogP contribution in [-0.2, 0) is 4.74 Å². The van der Waals surface area contributed by atoms with E-state index in [0.29, 0.717) is 34.1 Å².